The number of nitro groups is 1. The highest BCUT2D eigenvalue weighted by atomic mass is 35.5. The van der Waals surface area contributed by atoms with Gasteiger partial charge in [0.2, 0.25) is 0 Å². The highest BCUT2D eigenvalue weighted by Crippen LogP contribution is 2.30. The zero-order valence-corrected chi connectivity index (χ0v) is 8.41. The molecule has 0 aliphatic carbocycles. The molecule has 0 amide bonds. The molecule has 0 unspecified atom stereocenters. The fraction of sp³-hybridized carbons (Fsp3) is 0.250. The Kier molecular flexibility index (Phi) is 3.68. The lowest BCUT2D eigenvalue weighted by atomic mass is 10.1. The molecule has 0 N–H and O–H groups in total. The maximum atomic E-state index is 12.6. The molecule has 1 aromatic heterocycles. The van der Waals surface area contributed by atoms with Gasteiger partial charge in [0.1, 0.15) is 6.07 Å². The van der Waals surface area contributed by atoms with E-state index in [1.54, 1.807) is 0 Å². The fourth-order valence-corrected chi connectivity index (χ4v) is 1.39. The summed E-state index contributed by atoms with van der Waals surface area (Å²) in [5.74, 6) is -1.27. The molecule has 0 spiro atoms. The van der Waals surface area contributed by atoms with Crippen LogP contribution in [0.1, 0.15) is 23.2 Å². The average molecular weight is 248 g/mol. The Morgan fingerprint density at radius 2 is 2.31 bits per heavy atom. The van der Waals surface area contributed by atoms with E-state index in [9.17, 15) is 18.9 Å². The first-order chi connectivity index (χ1) is 7.51. The van der Waals surface area contributed by atoms with Crippen molar-refractivity contribution in [2.75, 3.05) is 0 Å². The van der Waals surface area contributed by atoms with Crippen LogP contribution >= 0.6 is 11.6 Å². The van der Waals surface area contributed by atoms with Crippen LogP contribution in [-0.2, 0) is 5.88 Å². The van der Waals surface area contributed by atoms with Crippen molar-refractivity contribution in [3.63, 3.8) is 0 Å². The second-order valence-corrected chi connectivity index (χ2v) is 2.97. The standard InChI is InChI=1S/C8H4ClF2N3O2/c9-2-6-5(7(10)11)1-4(3-12)13-8(6)14(15)16/h1,7H,2H2. The third kappa shape index (κ3) is 2.23. The Bertz CT molecular complexity index is 473. The molecule has 0 aliphatic heterocycles. The van der Waals surface area contributed by atoms with Gasteiger partial charge in [0.25, 0.3) is 12.1 Å². The third-order valence-corrected chi connectivity index (χ3v) is 2.06. The summed E-state index contributed by atoms with van der Waals surface area (Å²) in [4.78, 5) is 12.9. The number of hydrogen-bond donors (Lipinski definition) is 0. The first-order valence-electron chi connectivity index (χ1n) is 3.93. The summed E-state index contributed by atoms with van der Waals surface area (Å²) >= 11 is 5.36. The lowest BCUT2D eigenvalue weighted by Gasteiger charge is -2.05. The fourth-order valence-electron chi connectivity index (χ4n) is 1.12. The minimum absolute atomic E-state index is 0.360. The van der Waals surface area contributed by atoms with Gasteiger partial charge in [0.05, 0.1) is 11.4 Å². The topological polar surface area (TPSA) is 79.8 Å². The number of nitriles is 1. The van der Waals surface area contributed by atoms with Gasteiger partial charge in [0.15, 0.2) is 0 Å². The smallest absolute Gasteiger partial charge is 0.358 e. The van der Waals surface area contributed by atoms with Gasteiger partial charge < -0.3 is 10.1 Å². The van der Waals surface area contributed by atoms with E-state index in [-0.39, 0.29) is 5.56 Å². The second-order valence-electron chi connectivity index (χ2n) is 2.70. The molecule has 0 radical (unpaired) electrons. The van der Waals surface area contributed by atoms with Crippen LogP contribution in [0.15, 0.2) is 6.07 Å². The number of rotatable bonds is 3. The van der Waals surface area contributed by atoms with Crippen LogP contribution in [0.25, 0.3) is 0 Å². The summed E-state index contributed by atoms with van der Waals surface area (Å²) in [5, 5.41) is 19.1. The van der Waals surface area contributed by atoms with Gasteiger partial charge in [-0.05, 0) is 9.91 Å². The molecule has 1 rings (SSSR count). The second kappa shape index (κ2) is 4.81. The van der Waals surface area contributed by atoms with Gasteiger partial charge in [0, 0.05) is 11.6 Å². The Hall–Kier alpha value is -1.81. The summed E-state index contributed by atoms with van der Waals surface area (Å²) in [6, 6.07) is 2.28. The zero-order chi connectivity index (χ0) is 12.3. The molecule has 1 aromatic rings. The predicted octanol–water partition coefficient (Wildman–Crippen LogP) is 2.54. The molecule has 8 heteroatoms. The summed E-state index contributed by atoms with van der Waals surface area (Å²) in [6.45, 7) is 0. The lowest BCUT2D eigenvalue weighted by Crippen LogP contribution is -2.04. The van der Waals surface area contributed by atoms with Crippen LogP contribution in [0.5, 0.6) is 0 Å². The normalized spacial score (nSPS) is 10.2. The number of hydrogen-bond acceptors (Lipinski definition) is 4. The first-order valence-corrected chi connectivity index (χ1v) is 4.47. The highest BCUT2D eigenvalue weighted by Gasteiger charge is 2.26. The maximum Gasteiger partial charge on any atom is 0.369 e. The maximum absolute atomic E-state index is 12.6. The van der Waals surface area contributed by atoms with Gasteiger partial charge >= 0.3 is 5.82 Å². The summed E-state index contributed by atoms with van der Waals surface area (Å²) in [7, 11) is 0. The molecule has 0 atom stereocenters. The number of pyridine rings is 1. The molecule has 0 aliphatic rings. The van der Waals surface area contributed by atoms with Crippen LogP contribution in [0.3, 0.4) is 0 Å². The summed E-state index contributed by atoms with van der Waals surface area (Å²) in [5.41, 5.74) is -1.43. The third-order valence-electron chi connectivity index (χ3n) is 1.79. The van der Waals surface area contributed by atoms with E-state index in [1.165, 1.54) is 6.07 Å². The Morgan fingerprint density at radius 3 is 2.69 bits per heavy atom. The van der Waals surface area contributed by atoms with E-state index in [0.717, 1.165) is 6.07 Å². The first kappa shape index (κ1) is 12.3. The van der Waals surface area contributed by atoms with E-state index in [4.69, 9.17) is 16.9 Å². The summed E-state index contributed by atoms with van der Waals surface area (Å²) < 4.78 is 25.1. The van der Waals surface area contributed by atoms with Gasteiger partial charge in [-0.2, -0.15) is 5.26 Å². The van der Waals surface area contributed by atoms with Crippen molar-refractivity contribution in [1.29, 1.82) is 5.26 Å². The van der Waals surface area contributed by atoms with Crippen molar-refractivity contribution >= 4 is 17.4 Å². The SMILES string of the molecule is N#Cc1cc(C(F)F)c(CCl)c([N+](=O)[O-])n1. The minimum Gasteiger partial charge on any atom is -0.358 e. The van der Waals surface area contributed by atoms with Crippen molar-refractivity contribution in [3.8, 4) is 6.07 Å². The van der Waals surface area contributed by atoms with Crippen LogP contribution in [-0.4, -0.2) is 9.91 Å². The van der Waals surface area contributed by atoms with E-state index in [2.05, 4.69) is 4.98 Å². The van der Waals surface area contributed by atoms with Gasteiger partial charge in [-0.25, -0.2) is 8.78 Å². The number of aromatic nitrogens is 1. The minimum atomic E-state index is -2.94. The number of halogens is 3. The Labute approximate surface area is 93.4 Å². The number of alkyl halides is 3. The van der Waals surface area contributed by atoms with Crippen LogP contribution in [0.4, 0.5) is 14.6 Å². The van der Waals surface area contributed by atoms with Crippen molar-refractivity contribution in [3.05, 3.63) is 33.0 Å². The predicted molar refractivity (Wildman–Crippen MR) is 50.1 cm³/mol. The van der Waals surface area contributed by atoms with Crippen molar-refractivity contribution in [2.24, 2.45) is 0 Å². The number of nitrogens with zero attached hydrogens (tertiary/aromatic N) is 3. The van der Waals surface area contributed by atoms with Crippen LogP contribution < -0.4 is 0 Å². The lowest BCUT2D eigenvalue weighted by molar-refractivity contribution is -0.390. The molecular weight excluding hydrogens is 244 g/mol. The molecule has 0 fully saturated rings. The molecule has 84 valence electrons. The molecule has 1 heterocycles. The molecule has 5 nitrogen and oxygen atoms in total. The monoisotopic (exact) mass is 247 g/mol. The molecule has 0 aromatic carbocycles. The van der Waals surface area contributed by atoms with E-state index in [0.29, 0.717) is 0 Å². The largest absolute Gasteiger partial charge is 0.369 e. The van der Waals surface area contributed by atoms with Gasteiger partial charge in [-0.1, -0.05) is 0 Å². The highest BCUT2D eigenvalue weighted by molar-refractivity contribution is 6.17. The van der Waals surface area contributed by atoms with Crippen molar-refractivity contribution < 1.29 is 13.7 Å². The van der Waals surface area contributed by atoms with E-state index in [1.807, 2.05) is 0 Å². The molecule has 16 heavy (non-hydrogen) atoms. The van der Waals surface area contributed by atoms with E-state index >= 15 is 0 Å². The van der Waals surface area contributed by atoms with Crippen molar-refractivity contribution in [1.82, 2.24) is 4.98 Å². The van der Waals surface area contributed by atoms with Gasteiger partial charge in [-0.15, -0.1) is 11.6 Å². The molecule has 0 bridgehead atoms. The van der Waals surface area contributed by atoms with E-state index < -0.39 is 34.3 Å². The zero-order valence-electron chi connectivity index (χ0n) is 7.65. The quantitative estimate of drug-likeness (QED) is 0.467. The van der Waals surface area contributed by atoms with Crippen LogP contribution in [0.2, 0.25) is 0 Å². The summed E-state index contributed by atoms with van der Waals surface area (Å²) in [6.07, 6.45) is -2.94. The Morgan fingerprint density at radius 1 is 1.69 bits per heavy atom. The molecule has 0 saturated heterocycles. The molecular formula is C8H4ClF2N3O2. The van der Waals surface area contributed by atoms with Crippen molar-refractivity contribution in [2.45, 2.75) is 12.3 Å². The van der Waals surface area contributed by atoms with Crippen LogP contribution in [0, 0.1) is 21.4 Å². The molecule has 0 saturated carbocycles. The Balaban J connectivity index is 3.54. The average Bonchev–Trinajstić information content (AvgIpc) is 2.26. The van der Waals surface area contributed by atoms with Gasteiger partial charge in [-0.3, -0.25) is 0 Å².